The van der Waals surface area contributed by atoms with Crippen LogP contribution in [0.3, 0.4) is 0 Å². The number of hydrogen-bond donors (Lipinski definition) is 3. The van der Waals surface area contributed by atoms with Gasteiger partial charge in [0, 0.05) is 37.4 Å². The standard InChI is InChI=1S/C23H29N5O4/c1-15-4-5-17(14-16(15)2)22(30)27-12-13-28(21(27)20(29)25-11-10-24)23(31)26-18-6-8-19(32-3)9-7-18/h4-9,14,21H,10-13,24H2,1-3H3,(H,25,29)(H,26,31). The number of anilines is 1. The third kappa shape index (κ3) is 5.00. The highest BCUT2D eigenvalue weighted by atomic mass is 16.5. The maximum absolute atomic E-state index is 13.2. The minimum absolute atomic E-state index is 0.222. The lowest BCUT2D eigenvalue weighted by Crippen LogP contribution is -2.55. The van der Waals surface area contributed by atoms with Gasteiger partial charge in [0.15, 0.2) is 6.17 Å². The Kier molecular flexibility index (Phi) is 7.32. The summed E-state index contributed by atoms with van der Waals surface area (Å²) in [6, 6.07) is 11.8. The van der Waals surface area contributed by atoms with Crippen molar-refractivity contribution in [2.24, 2.45) is 5.73 Å². The fourth-order valence-electron chi connectivity index (χ4n) is 3.53. The molecule has 1 atom stereocenters. The minimum Gasteiger partial charge on any atom is -0.497 e. The Hall–Kier alpha value is -3.59. The number of aryl methyl sites for hydroxylation is 2. The fourth-order valence-corrected chi connectivity index (χ4v) is 3.53. The van der Waals surface area contributed by atoms with Gasteiger partial charge in [-0.25, -0.2) is 4.79 Å². The van der Waals surface area contributed by atoms with Crippen LogP contribution in [0.1, 0.15) is 21.5 Å². The summed E-state index contributed by atoms with van der Waals surface area (Å²) < 4.78 is 5.13. The van der Waals surface area contributed by atoms with Gasteiger partial charge in [-0.05, 0) is 61.4 Å². The molecule has 1 aliphatic heterocycles. The van der Waals surface area contributed by atoms with Crippen molar-refractivity contribution in [1.82, 2.24) is 15.1 Å². The van der Waals surface area contributed by atoms with Crippen LogP contribution < -0.4 is 21.1 Å². The molecule has 32 heavy (non-hydrogen) atoms. The molecule has 1 aliphatic rings. The third-order valence-corrected chi connectivity index (χ3v) is 5.47. The molecule has 9 nitrogen and oxygen atoms in total. The molecule has 0 bridgehead atoms. The van der Waals surface area contributed by atoms with Crippen LogP contribution in [0.5, 0.6) is 5.75 Å². The van der Waals surface area contributed by atoms with Gasteiger partial charge in [0.2, 0.25) is 0 Å². The lowest BCUT2D eigenvalue weighted by atomic mass is 10.1. The molecule has 1 heterocycles. The summed E-state index contributed by atoms with van der Waals surface area (Å²) in [7, 11) is 1.56. The van der Waals surface area contributed by atoms with Crippen LogP contribution in [0.25, 0.3) is 0 Å². The van der Waals surface area contributed by atoms with E-state index >= 15 is 0 Å². The zero-order chi connectivity index (χ0) is 23.3. The molecule has 0 aromatic heterocycles. The number of carbonyl (C=O) groups is 3. The number of rotatable bonds is 6. The van der Waals surface area contributed by atoms with Crippen LogP contribution in [-0.2, 0) is 4.79 Å². The Morgan fingerprint density at radius 1 is 1.03 bits per heavy atom. The minimum atomic E-state index is -1.08. The third-order valence-electron chi connectivity index (χ3n) is 5.47. The fraction of sp³-hybridized carbons (Fsp3) is 0.348. The first-order valence-corrected chi connectivity index (χ1v) is 10.4. The van der Waals surface area contributed by atoms with Gasteiger partial charge in [-0.2, -0.15) is 0 Å². The van der Waals surface area contributed by atoms with Gasteiger partial charge in [-0.1, -0.05) is 6.07 Å². The highest BCUT2D eigenvalue weighted by molar-refractivity contribution is 6.00. The molecule has 1 unspecified atom stereocenters. The first-order chi connectivity index (χ1) is 15.3. The molecule has 0 aliphatic carbocycles. The second-order valence-corrected chi connectivity index (χ2v) is 7.60. The van der Waals surface area contributed by atoms with Crippen molar-refractivity contribution in [2.75, 3.05) is 38.6 Å². The molecule has 1 saturated heterocycles. The molecule has 0 radical (unpaired) electrons. The molecule has 0 spiro atoms. The number of urea groups is 1. The van der Waals surface area contributed by atoms with Crippen molar-refractivity contribution in [3.8, 4) is 5.75 Å². The second kappa shape index (κ2) is 10.1. The van der Waals surface area contributed by atoms with E-state index in [0.717, 1.165) is 11.1 Å². The van der Waals surface area contributed by atoms with Crippen LogP contribution in [0.2, 0.25) is 0 Å². The van der Waals surface area contributed by atoms with Crippen LogP contribution in [0.4, 0.5) is 10.5 Å². The van der Waals surface area contributed by atoms with Gasteiger partial charge < -0.3 is 26.0 Å². The molecule has 4 amide bonds. The van der Waals surface area contributed by atoms with E-state index < -0.39 is 18.1 Å². The van der Waals surface area contributed by atoms with Gasteiger partial charge in [0.25, 0.3) is 11.8 Å². The van der Waals surface area contributed by atoms with E-state index in [0.29, 0.717) is 17.0 Å². The Morgan fingerprint density at radius 2 is 1.72 bits per heavy atom. The van der Waals surface area contributed by atoms with Crippen LogP contribution in [0.15, 0.2) is 42.5 Å². The second-order valence-electron chi connectivity index (χ2n) is 7.60. The lowest BCUT2D eigenvalue weighted by Gasteiger charge is -2.29. The van der Waals surface area contributed by atoms with E-state index in [1.165, 1.54) is 9.80 Å². The Bertz CT molecular complexity index is 992. The molecule has 4 N–H and O–H groups in total. The zero-order valence-corrected chi connectivity index (χ0v) is 18.6. The summed E-state index contributed by atoms with van der Waals surface area (Å²) in [4.78, 5) is 41.9. The summed E-state index contributed by atoms with van der Waals surface area (Å²) in [6.07, 6.45) is -1.08. The Labute approximate surface area is 187 Å². The highest BCUT2D eigenvalue weighted by Crippen LogP contribution is 2.22. The predicted octanol–water partition coefficient (Wildman–Crippen LogP) is 1.70. The van der Waals surface area contributed by atoms with Gasteiger partial charge in [-0.15, -0.1) is 0 Å². The van der Waals surface area contributed by atoms with Crippen LogP contribution in [-0.4, -0.2) is 67.1 Å². The summed E-state index contributed by atoms with van der Waals surface area (Å²) >= 11 is 0. The number of amides is 4. The van der Waals surface area contributed by atoms with Gasteiger partial charge in [-0.3, -0.25) is 14.5 Å². The SMILES string of the molecule is COc1ccc(NC(=O)N2CCN(C(=O)c3ccc(C)c(C)c3)C2C(=O)NCCN)cc1. The lowest BCUT2D eigenvalue weighted by molar-refractivity contribution is -0.127. The maximum Gasteiger partial charge on any atom is 0.323 e. The molecular formula is C23H29N5O4. The van der Waals surface area contributed by atoms with Crippen molar-refractivity contribution in [2.45, 2.75) is 20.0 Å². The zero-order valence-electron chi connectivity index (χ0n) is 18.6. The summed E-state index contributed by atoms with van der Waals surface area (Å²) in [5, 5.41) is 5.48. The van der Waals surface area contributed by atoms with Crippen molar-refractivity contribution < 1.29 is 19.1 Å². The maximum atomic E-state index is 13.2. The van der Waals surface area contributed by atoms with E-state index in [-0.39, 0.29) is 32.1 Å². The van der Waals surface area contributed by atoms with Gasteiger partial charge in [0.1, 0.15) is 5.75 Å². The summed E-state index contributed by atoms with van der Waals surface area (Å²) in [5.41, 5.74) is 8.59. The Balaban J connectivity index is 1.83. The van der Waals surface area contributed by atoms with Crippen molar-refractivity contribution in [1.29, 1.82) is 0 Å². The van der Waals surface area contributed by atoms with E-state index in [2.05, 4.69) is 10.6 Å². The normalized spacial score (nSPS) is 15.4. The van der Waals surface area contributed by atoms with Gasteiger partial charge >= 0.3 is 6.03 Å². The Morgan fingerprint density at radius 3 is 2.34 bits per heavy atom. The molecule has 170 valence electrons. The number of nitrogens with two attached hydrogens (primary N) is 1. The number of hydrogen-bond acceptors (Lipinski definition) is 5. The monoisotopic (exact) mass is 439 g/mol. The molecule has 2 aromatic rings. The first kappa shape index (κ1) is 23.1. The molecule has 1 fully saturated rings. The number of nitrogens with one attached hydrogen (secondary N) is 2. The van der Waals surface area contributed by atoms with Crippen LogP contribution in [0, 0.1) is 13.8 Å². The number of carbonyl (C=O) groups excluding carboxylic acids is 3. The van der Waals surface area contributed by atoms with Crippen molar-refractivity contribution in [3.05, 3.63) is 59.2 Å². The number of nitrogens with zero attached hydrogens (tertiary/aromatic N) is 2. The van der Waals surface area contributed by atoms with E-state index in [9.17, 15) is 14.4 Å². The quantitative estimate of drug-likeness (QED) is 0.633. The largest absolute Gasteiger partial charge is 0.497 e. The van der Waals surface area contributed by atoms with E-state index in [4.69, 9.17) is 10.5 Å². The topological polar surface area (TPSA) is 117 Å². The van der Waals surface area contributed by atoms with Crippen molar-refractivity contribution in [3.63, 3.8) is 0 Å². The van der Waals surface area contributed by atoms with E-state index in [1.807, 2.05) is 19.9 Å². The summed E-state index contributed by atoms with van der Waals surface area (Å²) in [6.45, 7) is 4.85. The molecule has 2 aromatic carbocycles. The number of ether oxygens (including phenoxy) is 1. The predicted molar refractivity (Wildman–Crippen MR) is 122 cm³/mol. The average Bonchev–Trinajstić information content (AvgIpc) is 3.24. The van der Waals surface area contributed by atoms with Crippen LogP contribution >= 0.6 is 0 Å². The molecule has 0 saturated carbocycles. The number of benzene rings is 2. The summed E-state index contributed by atoms with van der Waals surface area (Å²) in [5.74, 6) is -0.0934. The van der Waals surface area contributed by atoms with E-state index in [1.54, 1.807) is 43.5 Å². The smallest absolute Gasteiger partial charge is 0.323 e. The molecular weight excluding hydrogens is 410 g/mol. The van der Waals surface area contributed by atoms with Gasteiger partial charge in [0.05, 0.1) is 7.11 Å². The number of methoxy groups -OCH3 is 1. The average molecular weight is 440 g/mol. The first-order valence-electron chi connectivity index (χ1n) is 10.4. The van der Waals surface area contributed by atoms with Crippen molar-refractivity contribution >= 4 is 23.5 Å². The highest BCUT2D eigenvalue weighted by Gasteiger charge is 2.43. The molecule has 3 rings (SSSR count). The molecule has 9 heteroatoms.